The molecule has 156 valence electrons. The number of aryl methyl sites for hydroxylation is 1. The van der Waals surface area contributed by atoms with Gasteiger partial charge in [-0.1, -0.05) is 23.7 Å². The maximum Gasteiger partial charge on any atom is 0.223 e. The average molecular weight is 417 g/mol. The van der Waals surface area contributed by atoms with Crippen molar-refractivity contribution in [1.29, 1.82) is 0 Å². The Balaban J connectivity index is 1.52. The molecule has 29 heavy (non-hydrogen) atoms. The van der Waals surface area contributed by atoms with E-state index in [-0.39, 0.29) is 5.91 Å². The Labute approximate surface area is 178 Å². The molecule has 6 heteroatoms. The normalized spacial score (nSPS) is 14.0. The van der Waals surface area contributed by atoms with Crippen LogP contribution in [0.25, 0.3) is 0 Å². The van der Waals surface area contributed by atoms with Crippen molar-refractivity contribution >= 4 is 23.2 Å². The second-order valence-electron chi connectivity index (χ2n) is 6.99. The first-order valence-electron chi connectivity index (χ1n) is 10.3. The van der Waals surface area contributed by atoms with E-state index in [9.17, 15) is 4.79 Å². The summed E-state index contributed by atoms with van der Waals surface area (Å²) in [5.74, 6) is 1.69. The number of benzene rings is 2. The fourth-order valence-electron chi connectivity index (χ4n) is 3.55. The summed E-state index contributed by atoms with van der Waals surface area (Å²) >= 11 is 6.09. The molecule has 0 aromatic heterocycles. The van der Waals surface area contributed by atoms with Gasteiger partial charge in [0.15, 0.2) is 11.5 Å². The zero-order valence-electron chi connectivity index (χ0n) is 17.2. The first-order valence-corrected chi connectivity index (χ1v) is 10.6. The van der Waals surface area contributed by atoms with Gasteiger partial charge in [0, 0.05) is 43.3 Å². The van der Waals surface area contributed by atoms with Crippen LogP contribution in [0, 0.1) is 0 Å². The standard InChI is InChI=1S/C23H29ClN2O3/c1-3-28-21-10-8-18(16-22(21)29-4-2)9-11-23(27)26-14-12-25(13-15-26)20-7-5-6-19(24)17-20/h5-8,10,16-17H,3-4,9,11-15H2,1-2H3. The molecule has 0 atom stereocenters. The van der Waals surface area contributed by atoms with Gasteiger partial charge in [0.2, 0.25) is 5.91 Å². The third-order valence-corrected chi connectivity index (χ3v) is 5.28. The fraction of sp³-hybridized carbons (Fsp3) is 0.435. The first-order chi connectivity index (χ1) is 14.1. The molecule has 1 aliphatic rings. The van der Waals surface area contributed by atoms with Gasteiger partial charge < -0.3 is 19.3 Å². The quantitative estimate of drug-likeness (QED) is 0.638. The van der Waals surface area contributed by atoms with E-state index >= 15 is 0 Å². The molecule has 1 saturated heterocycles. The van der Waals surface area contributed by atoms with E-state index in [1.165, 1.54) is 0 Å². The molecule has 0 N–H and O–H groups in total. The van der Waals surface area contributed by atoms with Crippen LogP contribution in [0.15, 0.2) is 42.5 Å². The number of hydrogen-bond acceptors (Lipinski definition) is 4. The molecule has 2 aromatic carbocycles. The molecular weight excluding hydrogens is 388 g/mol. The minimum Gasteiger partial charge on any atom is -0.490 e. The summed E-state index contributed by atoms with van der Waals surface area (Å²) in [7, 11) is 0. The van der Waals surface area contributed by atoms with E-state index in [1.54, 1.807) is 0 Å². The van der Waals surface area contributed by atoms with Crippen molar-refractivity contribution in [3.8, 4) is 11.5 Å². The Hall–Kier alpha value is -2.40. The van der Waals surface area contributed by atoms with Crippen molar-refractivity contribution in [2.75, 3.05) is 44.3 Å². The summed E-state index contributed by atoms with van der Waals surface area (Å²) in [5, 5.41) is 0.739. The molecule has 5 nitrogen and oxygen atoms in total. The molecule has 1 aliphatic heterocycles. The highest BCUT2D eigenvalue weighted by Crippen LogP contribution is 2.29. The van der Waals surface area contributed by atoms with E-state index in [0.29, 0.717) is 26.1 Å². The van der Waals surface area contributed by atoms with Crippen LogP contribution in [0.2, 0.25) is 5.02 Å². The van der Waals surface area contributed by atoms with Crippen LogP contribution in [-0.2, 0) is 11.2 Å². The van der Waals surface area contributed by atoms with Gasteiger partial charge in [-0.15, -0.1) is 0 Å². The molecule has 0 radical (unpaired) electrons. The van der Waals surface area contributed by atoms with Crippen molar-refractivity contribution in [2.24, 2.45) is 0 Å². The van der Waals surface area contributed by atoms with Crippen molar-refractivity contribution in [3.05, 3.63) is 53.1 Å². The third kappa shape index (κ3) is 5.80. The highest BCUT2D eigenvalue weighted by atomic mass is 35.5. The maximum absolute atomic E-state index is 12.7. The number of ether oxygens (including phenoxy) is 2. The molecule has 1 amide bonds. The van der Waals surface area contributed by atoms with Crippen molar-refractivity contribution in [2.45, 2.75) is 26.7 Å². The Morgan fingerprint density at radius 2 is 1.69 bits per heavy atom. The highest BCUT2D eigenvalue weighted by molar-refractivity contribution is 6.30. The van der Waals surface area contributed by atoms with Crippen LogP contribution in [0.5, 0.6) is 11.5 Å². The van der Waals surface area contributed by atoms with Gasteiger partial charge in [0.1, 0.15) is 0 Å². The number of hydrogen-bond donors (Lipinski definition) is 0. The monoisotopic (exact) mass is 416 g/mol. The second-order valence-corrected chi connectivity index (χ2v) is 7.43. The molecule has 0 unspecified atom stereocenters. The lowest BCUT2D eigenvalue weighted by Gasteiger charge is -2.36. The number of rotatable bonds is 8. The summed E-state index contributed by atoms with van der Waals surface area (Å²) in [5.41, 5.74) is 2.20. The third-order valence-electron chi connectivity index (χ3n) is 5.04. The molecule has 0 saturated carbocycles. The molecule has 1 heterocycles. The van der Waals surface area contributed by atoms with Crippen LogP contribution in [0.1, 0.15) is 25.8 Å². The lowest BCUT2D eigenvalue weighted by atomic mass is 10.1. The van der Waals surface area contributed by atoms with Gasteiger partial charge in [-0.25, -0.2) is 0 Å². The number of piperazine rings is 1. The topological polar surface area (TPSA) is 42.0 Å². The Morgan fingerprint density at radius 1 is 0.966 bits per heavy atom. The lowest BCUT2D eigenvalue weighted by Crippen LogP contribution is -2.48. The van der Waals surface area contributed by atoms with Crippen molar-refractivity contribution < 1.29 is 14.3 Å². The lowest BCUT2D eigenvalue weighted by molar-refractivity contribution is -0.131. The Bertz CT molecular complexity index is 820. The number of anilines is 1. The summed E-state index contributed by atoms with van der Waals surface area (Å²) < 4.78 is 11.3. The molecule has 3 rings (SSSR count). The number of nitrogens with zero attached hydrogens (tertiary/aromatic N) is 2. The highest BCUT2D eigenvalue weighted by Gasteiger charge is 2.21. The number of amides is 1. The number of carbonyl (C=O) groups excluding carboxylic acids is 1. The molecule has 0 spiro atoms. The van der Waals surface area contributed by atoms with Gasteiger partial charge in [-0.05, 0) is 56.2 Å². The minimum atomic E-state index is 0.197. The van der Waals surface area contributed by atoms with Gasteiger partial charge in [-0.3, -0.25) is 4.79 Å². The molecule has 2 aromatic rings. The zero-order valence-corrected chi connectivity index (χ0v) is 18.0. The van der Waals surface area contributed by atoms with Crippen molar-refractivity contribution in [3.63, 3.8) is 0 Å². The van der Waals surface area contributed by atoms with Gasteiger partial charge in [-0.2, -0.15) is 0 Å². The van der Waals surface area contributed by atoms with Gasteiger partial charge >= 0.3 is 0 Å². The second kappa shape index (κ2) is 10.4. The maximum atomic E-state index is 12.7. The molecular formula is C23H29ClN2O3. The molecule has 0 bridgehead atoms. The summed E-state index contributed by atoms with van der Waals surface area (Å²) in [6.07, 6.45) is 1.19. The fourth-order valence-corrected chi connectivity index (χ4v) is 3.73. The van der Waals surface area contributed by atoms with E-state index in [0.717, 1.165) is 54.0 Å². The smallest absolute Gasteiger partial charge is 0.223 e. The molecule has 1 fully saturated rings. The summed E-state index contributed by atoms with van der Waals surface area (Å²) in [6.45, 7) is 8.20. The predicted octanol–water partition coefficient (Wildman–Crippen LogP) is 4.42. The van der Waals surface area contributed by atoms with Crippen LogP contribution in [-0.4, -0.2) is 50.2 Å². The largest absolute Gasteiger partial charge is 0.490 e. The SMILES string of the molecule is CCOc1ccc(CCC(=O)N2CCN(c3cccc(Cl)c3)CC2)cc1OCC. The minimum absolute atomic E-state index is 0.197. The van der Waals surface area contributed by atoms with Gasteiger partial charge in [0.25, 0.3) is 0 Å². The van der Waals surface area contributed by atoms with E-state index in [4.69, 9.17) is 21.1 Å². The van der Waals surface area contributed by atoms with Crippen LogP contribution < -0.4 is 14.4 Å². The van der Waals surface area contributed by atoms with Gasteiger partial charge in [0.05, 0.1) is 13.2 Å². The Kier molecular flexibility index (Phi) is 7.64. The average Bonchev–Trinajstić information content (AvgIpc) is 2.74. The van der Waals surface area contributed by atoms with Crippen LogP contribution >= 0.6 is 11.6 Å². The number of halogens is 1. The predicted molar refractivity (Wildman–Crippen MR) is 117 cm³/mol. The van der Waals surface area contributed by atoms with E-state index in [2.05, 4.69) is 11.0 Å². The van der Waals surface area contributed by atoms with Crippen LogP contribution in [0.3, 0.4) is 0 Å². The van der Waals surface area contributed by atoms with E-state index in [1.807, 2.05) is 55.1 Å². The molecule has 0 aliphatic carbocycles. The summed E-state index contributed by atoms with van der Waals surface area (Å²) in [6, 6.07) is 13.8. The summed E-state index contributed by atoms with van der Waals surface area (Å²) in [4.78, 5) is 16.9. The van der Waals surface area contributed by atoms with E-state index < -0.39 is 0 Å². The Morgan fingerprint density at radius 3 is 2.38 bits per heavy atom. The van der Waals surface area contributed by atoms with Crippen molar-refractivity contribution in [1.82, 2.24) is 4.90 Å². The zero-order chi connectivity index (χ0) is 20.6. The first kappa shape index (κ1) is 21.3. The van der Waals surface area contributed by atoms with Crippen LogP contribution in [0.4, 0.5) is 5.69 Å². The number of carbonyl (C=O) groups is 1.